The molecule has 26 heavy (non-hydrogen) atoms. The summed E-state index contributed by atoms with van der Waals surface area (Å²) in [6.07, 6.45) is 0. The lowest BCUT2D eigenvalue weighted by atomic mass is 10.1. The fourth-order valence-electron chi connectivity index (χ4n) is 3.14. The Hall–Kier alpha value is -2.92. The van der Waals surface area contributed by atoms with E-state index in [1.807, 2.05) is 72.8 Å². The van der Waals surface area contributed by atoms with E-state index in [0.29, 0.717) is 11.4 Å². The molecule has 3 amide bonds. The Bertz CT molecular complexity index is 943. The SMILES string of the molecule is O=C1C(c2ccc(Br)cc2)N(c2ccccc2)C(=O)N1c1ccccc1. The maximum Gasteiger partial charge on any atom is 0.336 e. The van der Waals surface area contributed by atoms with Crippen molar-refractivity contribution < 1.29 is 9.59 Å². The highest BCUT2D eigenvalue weighted by Gasteiger charge is 2.47. The molecular weight excluding hydrogens is 392 g/mol. The molecule has 0 N–H and O–H groups in total. The van der Waals surface area contributed by atoms with Gasteiger partial charge in [0.1, 0.15) is 6.04 Å². The van der Waals surface area contributed by atoms with Crippen molar-refractivity contribution in [1.82, 2.24) is 0 Å². The van der Waals surface area contributed by atoms with Crippen LogP contribution in [0.4, 0.5) is 16.2 Å². The molecule has 1 fully saturated rings. The lowest BCUT2D eigenvalue weighted by Crippen LogP contribution is -2.33. The fourth-order valence-corrected chi connectivity index (χ4v) is 3.41. The fraction of sp³-hybridized carbons (Fsp3) is 0.0476. The minimum absolute atomic E-state index is 0.257. The van der Waals surface area contributed by atoms with Crippen LogP contribution in [0.3, 0.4) is 0 Å². The average Bonchev–Trinajstić information content (AvgIpc) is 2.94. The first-order valence-corrected chi connectivity index (χ1v) is 8.99. The Morgan fingerprint density at radius 2 is 1.23 bits per heavy atom. The van der Waals surface area contributed by atoms with Crippen molar-refractivity contribution in [2.45, 2.75) is 6.04 Å². The van der Waals surface area contributed by atoms with Gasteiger partial charge in [0.05, 0.1) is 5.69 Å². The Morgan fingerprint density at radius 3 is 1.81 bits per heavy atom. The molecule has 1 saturated heterocycles. The number of carbonyl (C=O) groups excluding carboxylic acids is 2. The number of carbonyl (C=O) groups is 2. The second kappa shape index (κ2) is 6.77. The number of nitrogens with zero attached hydrogens (tertiary/aromatic N) is 2. The quantitative estimate of drug-likeness (QED) is 0.563. The molecule has 0 aromatic heterocycles. The zero-order valence-electron chi connectivity index (χ0n) is 13.7. The lowest BCUT2D eigenvalue weighted by molar-refractivity contribution is -0.118. The molecule has 1 heterocycles. The summed E-state index contributed by atoms with van der Waals surface area (Å²) in [7, 11) is 0. The molecule has 3 aromatic rings. The predicted molar refractivity (Wildman–Crippen MR) is 105 cm³/mol. The number of para-hydroxylation sites is 2. The van der Waals surface area contributed by atoms with Gasteiger partial charge in [-0.1, -0.05) is 64.5 Å². The predicted octanol–water partition coefficient (Wildman–Crippen LogP) is 5.16. The number of hydrogen-bond acceptors (Lipinski definition) is 2. The van der Waals surface area contributed by atoms with Crippen molar-refractivity contribution in [2.24, 2.45) is 0 Å². The van der Waals surface area contributed by atoms with Crippen molar-refractivity contribution in [3.63, 3.8) is 0 Å². The van der Waals surface area contributed by atoms with Crippen LogP contribution in [0, 0.1) is 0 Å². The minimum Gasteiger partial charge on any atom is -0.277 e. The summed E-state index contributed by atoms with van der Waals surface area (Å²) < 4.78 is 0.921. The molecule has 1 aliphatic rings. The second-order valence-electron chi connectivity index (χ2n) is 5.95. The van der Waals surface area contributed by atoms with E-state index in [4.69, 9.17) is 0 Å². The summed E-state index contributed by atoms with van der Waals surface area (Å²) in [6.45, 7) is 0. The van der Waals surface area contributed by atoms with Crippen LogP contribution in [-0.2, 0) is 4.79 Å². The first kappa shape index (κ1) is 16.5. The van der Waals surface area contributed by atoms with Gasteiger partial charge in [0.25, 0.3) is 5.91 Å². The van der Waals surface area contributed by atoms with Gasteiger partial charge < -0.3 is 0 Å². The Balaban J connectivity index is 1.84. The zero-order valence-corrected chi connectivity index (χ0v) is 15.3. The van der Waals surface area contributed by atoms with Gasteiger partial charge in [-0.25, -0.2) is 9.69 Å². The van der Waals surface area contributed by atoms with Gasteiger partial charge in [-0.2, -0.15) is 0 Å². The molecule has 0 spiro atoms. The molecule has 4 rings (SSSR count). The van der Waals surface area contributed by atoms with Crippen LogP contribution in [0.5, 0.6) is 0 Å². The molecule has 0 saturated carbocycles. The molecule has 5 heteroatoms. The molecule has 4 nitrogen and oxygen atoms in total. The highest BCUT2D eigenvalue weighted by Crippen LogP contribution is 2.38. The highest BCUT2D eigenvalue weighted by molar-refractivity contribution is 9.10. The van der Waals surface area contributed by atoms with E-state index in [2.05, 4.69) is 15.9 Å². The van der Waals surface area contributed by atoms with Gasteiger partial charge in [0, 0.05) is 10.2 Å². The summed E-state index contributed by atoms with van der Waals surface area (Å²) in [4.78, 5) is 29.2. The van der Waals surface area contributed by atoms with Gasteiger partial charge in [0.2, 0.25) is 0 Å². The van der Waals surface area contributed by atoms with Crippen molar-refractivity contribution in [1.29, 1.82) is 0 Å². The number of rotatable bonds is 3. The van der Waals surface area contributed by atoms with Crippen LogP contribution in [-0.4, -0.2) is 11.9 Å². The third-order valence-corrected chi connectivity index (χ3v) is 4.87. The number of urea groups is 1. The van der Waals surface area contributed by atoms with Crippen molar-refractivity contribution in [2.75, 3.05) is 9.80 Å². The molecular formula is C21H15BrN2O2. The molecule has 1 unspecified atom stereocenters. The number of benzene rings is 3. The molecule has 1 atom stereocenters. The number of imide groups is 1. The normalized spacial score (nSPS) is 17.0. The van der Waals surface area contributed by atoms with E-state index in [1.54, 1.807) is 17.0 Å². The smallest absolute Gasteiger partial charge is 0.277 e. The molecule has 0 aliphatic carbocycles. The monoisotopic (exact) mass is 406 g/mol. The number of amides is 3. The first-order chi connectivity index (χ1) is 12.7. The first-order valence-electron chi connectivity index (χ1n) is 8.19. The number of anilines is 2. The molecule has 3 aromatic carbocycles. The van der Waals surface area contributed by atoms with Gasteiger partial charge in [-0.15, -0.1) is 0 Å². The van der Waals surface area contributed by atoms with Crippen LogP contribution >= 0.6 is 15.9 Å². The topological polar surface area (TPSA) is 40.6 Å². The maximum atomic E-state index is 13.2. The summed E-state index contributed by atoms with van der Waals surface area (Å²) in [5.74, 6) is -0.257. The third kappa shape index (κ3) is 2.80. The highest BCUT2D eigenvalue weighted by atomic mass is 79.9. The summed E-state index contributed by atoms with van der Waals surface area (Å²) >= 11 is 3.41. The largest absolute Gasteiger partial charge is 0.336 e. The lowest BCUT2D eigenvalue weighted by Gasteiger charge is -2.22. The van der Waals surface area contributed by atoms with E-state index in [1.165, 1.54) is 4.90 Å². The van der Waals surface area contributed by atoms with Crippen LogP contribution in [0.1, 0.15) is 11.6 Å². The maximum absolute atomic E-state index is 13.2. The van der Waals surface area contributed by atoms with E-state index in [-0.39, 0.29) is 11.9 Å². The van der Waals surface area contributed by atoms with Gasteiger partial charge in [-0.3, -0.25) is 9.69 Å². The summed E-state index contributed by atoms with van der Waals surface area (Å²) in [6, 6.07) is 24.7. The Morgan fingerprint density at radius 1 is 0.692 bits per heavy atom. The molecule has 1 aliphatic heterocycles. The number of halogens is 1. The third-order valence-electron chi connectivity index (χ3n) is 4.34. The van der Waals surface area contributed by atoms with Crippen LogP contribution in [0.25, 0.3) is 0 Å². The Kier molecular flexibility index (Phi) is 4.31. The van der Waals surface area contributed by atoms with Crippen LogP contribution in [0.15, 0.2) is 89.4 Å². The van der Waals surface area contributed by atoms with Crippen molar-refractivity contribution >= 4 is 39.2 Å². The van der Waals surface area contributed by atoms with Crippen LogP contribution in [0.2, 0.25) is 0 Å². The Labute approximate surface area is 159 Å². The average molecular weight is 407 g/mol. The van der Waals surface area contributed by atoms with E-state index < -0.39 is 6.04 Å². The van der Waals surface area contributed by atoms with Crippen LogP contribution < -0.4 is 9.80 Å². The number of hydrogen-bond donors (Lipinski definition) is 0. The summed E-state index contributed by atoms with van der Waals surface area (Å²) in [5, 5.41) is 0. The minimum atomic E-state index is -0.696. The van der Waals surface area contributed by atoms with Crippen molar-refractivity contribution in [3.05, 3.63) is 95.0 Å². The summed E-state index contributed by atoms with van der Waals surface area (Å²) in [5.41, 5.74) is 2.04. The van der Waals surface area contributed by atoms with Crippen molar-refractivity contribution in [3.8, 4) is 0 Å². The second-order valence-corrected chi connectivity index (χ2v) is 6.87. The molecule has 128 valence electrons. The molecule has 0 radical (unpaired) electrons. The van der Waals surface area contributed by atoms with Gasteiger partial charge in [0.15, 0.2) is 0 Å². The van der Waals surface area contributed by atoms with Gasteiger partial charge in [-0.05, 0) is 42.0 Å². The van der Waals surface area contributed by atoms with Gasteiger partial charge >= 0.3 is 6.03 Å². The molecule has 0 bridgehead atoms. The van der Waals surface area contributed by atoms with E-state index >= 15 is 0 Å². The van der Waals surface area contributed by atoms with E-state index in [0.717, 1.165) is 10.0 Å². The zero-order chi connectivity index (χ0) is 18.1. The van der Waals surface area contributed by atoms with E-state index in [9.17, 15) is 9.59 Å². The standard InChI is InChI=1S/C21H15BrN2O2/c22-16-13-11-15(12-14-16)19-20(25)24(18-9-5-2-6-10-18)21(26)23(19)17-7-3-1-4-8-17/h1-14,19H.